The lowest BCUT2D eigenvalue weighted by molar-refractivity contribution is 0.123. The largest absolute Gasteiger partial charge is 0.381 e. The summed E-state index contributed by atoms with van der Waals surface area (Å²) in [5, 5.41) is 0. The molecule has 0 aliphatic heterocycles. The first kappa shape index (κ1) is 15.4. The van der Waals surface area contributed by atoms with E-state index in [-0.39, 0.29) is 7.66 Å². The zero-order valence-electron chi connectivity index (χ0n) is 9.94. The number of nitrogens with zero attached hydrogens (tertiary/aromatic N) is 1. The summed E-state index contributed by atoms with van der Waals surface area (Å²) in [6.07, 6.45) is 3.40. The third kappa shape index (κ3) is 12.3. The summed E-state index contributed by atoms with van der Waals surface area (Å²) in [7, 11) is 2.06. The van der Waals surface area contributed by atoms with Crippen LogP contribution in [0.3, 0.4) is 0 Å². The molecule has 0 spiro atoms. The molecule has 0 rings (SSSR count). The van der Waals surface area contributed by atoms with Crippen LogP contribution in [0.1, 0.15) is 33.1 Å². The van der Waals surface area contributed by atoms with Crippen molar-refractivity contribution in [1.82, 2.24) is 4.31 Å². The zero-order chi connectivity index (χ0) is 11.5. The normalized spacial score (nSPS) is 11.8. The monoisotopic (exact) mass is 251 g/mol. The van der Waals surface area contributed by atoms with Crippen LogP contribution >= 0.6 is 19.2 Å². The molecular weight excluding hydrogens is 229 g/mol. The highest BCUT2D eigenvalue weighted by molar-refractivity contribution is 8.44. The van der Waals surface area contributed by atoms with Gasteiger partial charge in [-0.05, 0) is 32.2 Å². The van der Waals surface area contributed by atoms with Crippen molar-refractivity contribution < 1.29 is 9.30 Å². The van der Waals surface area contributed by atoms with Gasteiger partial charge in [-0.15, -0.1) is 0 Å². The van der Waals surface area contributed by atoms with Crippen molar-refractivity contribution in [2.24, 2.45) is 5.92 Å². The van der Waals surface area contributed by atoms with E-state index in [1.165, 1.54) is 18.0 Å². The first-order valence-electron chi connectivity index (χ1n) is 5.45. The van der Waals surface area contributed by atoms with Crippen LogP contribution in [0.2, 0.25) is 0 Å². The zero-order valence-corrected chi connectivity index (χ0v) is 11.7. The fraction of sp³-hybridized carbons (Fsp3) is 1.00. The van der Waals surface area contributed by atoms with Gasteiger partial charge in [-0.2, -0.15) is 0 Å². The number of ether oxygens (including phenoxy) is 1. The average molecular weight is 251 g/mol. The van der Waals surface area contributed by atoms with Crippen molar-refractivity contribution in [3.8, 4) is 0 Å². The van der Waals surface area contributed by atoms with Gasteiger partial charge in [0.1, 0.15) is 0 Å². The van der Waals surface area contributed by atoms with Crippen molar-refractivity contribution in [1.29, 1.82) is 0 Å². The van der Waals surface area contributed by atoms with E-state index in [9.17, 15) is 4.57 Å². The molecule has 5 heteroatoms. The van der Waals surface area contributed by atoms with Gasteiger partial charge in [-0.1, -0.05) is 13.8 Å². The molecule has 0 aromatic heterocycles. The highest BCUT2D eigenvalue weighted by Gasteiger charge is 1.98. The van der Waals surface area contributed by atoms with Crippen LogP contribution < -0.4 is 0 Å². The number of rotatable bonds is 10. The quantitative estimate of drug-likeness (QED) is 0.337. The van der Waals surface area contributed by atoms with Gasteiger partial charge in [0.2, 0.25) is 7.66 Å². The minimum absolute atomic E-state index is 0.118. The van der Waals surface area contributed by atoms with Crippen LogP contribution in [0.4, 0.5) is 0 Å². The first-order valence-corrected chi connectivity index (χ1v) is 7.64. The molecule has 0 bridgehead atoms. The maximum absolute atomic E-state index is 10.2. The molecule has 0 amide bonds. The predicted octanol–water partition coefficient (Wildman–Crippen LogP) is 3.62. The second-order valence-corrected chi connectivity index (χ2v) is 5.88. The molecule has 0 N–H and O–H groups in total. The Morgan fingerprint density at radius 3 is 2.60 bits per heavy atom. The highest BCUT2D eigenvalue weighted by Crippen LogP contribution is 2.20. The highest BCUT2D eigenvalue weighted by atomic mass is 32.7. The summed E-state index contributed by atoms with van der Waals surface area (Å²) >= 11 is 1.30. The number of hydrogen-bond donors (Lipinski definition) is 0. The van der Waals surface area contributed by atoms with Crippen molar-refractivity contribution in [3.63, 3.8) is 0 Å². The molecule has 0 radical (unpaired) electrons. The second kappa shape index (κ2) is 10.9. The minimum Gasteiger partial charge on any atom is -0.381 e. The van der Waals surface area contributed by atoms with Crippen molar-refractivity contribution in [2.75, 3.05) is 26.8 Å². The van der Waals surface area contributed by atoms with E-state index in [2.05, 4.69) is 13.8 Å². The predicted molar refractivity (Wildman–Crippen MR) is 67.3 cm³/mol. The third-order valence-electron chi connectivity index (χ3n) is 2.00. The molecule has 0 saturated carbocycles. The molecule has 90 valence electrons. The molecule has 0 saturated heterocycles. The number of hydrogen-bond acceptors (Lipinski definition) is 4. The van der Waals surface area contributed by atoms with Crippen LogP contribution in [0.25, 0.3) is 0 Å². The van der Waals surface area contributed by atoms with Gasteiger partial charge in [0.05, 0.1) is 0 Å². The molecule has 3 nitrogen and oxygen atoms in total. The lowest BCUT2D eigenvalue weighted by atomic mass is 10.1. The average Bonchev–Trinajstić information content (AvgIpc) is 2.16. The van der Waals surface area contributed by atoms with E-state index in [1.807, 2.05) is 11.4 Å². The Morgan fingerprint density at radius 2 is 2.00 bits per heavy atom. The van der Waals surface area contributed by atoms with Crippen molar-refractivity contribution in [3.05, 3.63) is 0 Å². The molecule has 0 fully saturated rings. The summed E-state index contributed by atoms with van der Waals surface area (Å²) in [5.41, 5.74) is 0. The summed E-state index contributed by atoms with van der Waals surface area (Å²) in [4.78, 5) is 0. The van der Waals surface area contributed by atoms with Crippen LogP contribution in [0.15, 0.2) is 0 Å². The first-order chi connectivity index (χ1) is 7.16. The smallest absolute Gasteiger partial charge is 0.243 e. The molecule has 0 aliphatic rings. The Labute approximate surface area is 99.0 Å². The van der Waals surface area contributed by atoms with Crippen molar-refractivity contribution >= 4 is 19.2 Å². The van der Waals surface area contributed by atoms with Crippen LogP contribution in [0.5, 0.6) is 0 Å². The third-order valence-corrected chi connectivity index (χ3v) is 3.57. The fourth-order valence-corrected chi connectivity index (χ4v) is 2.09. The lowest BCUT2D eigenvalue weighted by Gasteiger charge is -2.10. The summed E-state index contributed by atoms with van der Waals surface area (Å²) < 4.78 is 17.7. The van der Waals surface area contributed by atoms with Gasteiger partial charge >= 0.3 is 0 Å². The molecule has 0 aromatic carbocycles. The molecule has 15 heavy (non-hydrogen) atoms. The van der Waals surface area contributed by atoms with E-state index in [1.54, 1.807) is 0 Å². The maximum Gasteiger partial charge on any atom is 0.243 e. The minimum atomic E-state index is 0.118. The summed E-state index contributed by atoms with van der Waals surface area (Å²) in [6.45, 7) is 7.06. The van der Waals surface area contributed by atoms with E-state index in [0.717, 1.165) is 38.5 Å². The molecule has 0 atom stereocenters. The van der Waals surface area contributed by atoms with Crippen LogP contribution in [-0.4, -0.2) is 31.1 Å². The molecule has 0 aromatic rings. The Hall–Kier alpha value is 0.370. The lowest BCUT2D eigenvalue weighted by Crippen LogP contribution is -2.11. The summed E-state index contributed by atoms with van der Waals surface area (Å²) in [5.74, 6) is 0.771. The Kier molecular flexibility index (Phi) is 11.1. The topological polar surface area (TPSA) is 29.5 Å². The molecule has 0 heterocycles. The van der Waals surface area contributed by atoms with Gasteiger partial charge in [0, 0.05) is 31.3 Å². The van der Waals surface area contributed by atoms with Gasteiger partial charge in [-0.3, -0.25) is 4.57 Å². The maximum atomic E-state index is 10.2. The SMILES string of the molecule is CC(C)CCCOCCCN(C)SP=O. The van der Waals surface area contributed by atoms with E-state index in [0.29, 0.717) is 0 Å². The van der Waals surface area contributed by atoms with E-state index >= 15 is 0 Å². The standard InChI is InChI=1S/C10H22NO2PS/c1-10(2)6-4-8-13-9-5-7-11(3)15-14-12/h10H,4-9H2,1-3H3. The molecule has 0 aliphatic carbocycles. The Morgan fingerprint density at radius 1 is 1.33 bits per heavy atom. The van der Waals surface area contributed by atoms with E-state index in [4.69, 9.17) is 4.74 Å². The fourth-order valence-electron chi connectivity index (χ4n) is 1.18. The van der Waals surface area contributed by atoms with E-state index < -0.39 is 0 Å². The van der Waals surface area contributed by atoms with Gasteiger partial charge < -0.3 is 4.74 Å². The Bertz CT molecular complexity index is 158. The van der Waals surface area contributed by atoms with Gasteiger partial charge in [0.25, 0.3) is 0 Å². The second-order valence-electron chi connectivity index (χ2n) is 4.01. The summed E-state index contributed by atoms with van der Waals surface area (Å²) in [6, 6.07) is 0. The molecule has 0 unspecified atom stereocenters. The van der Waals surface area contributed by atoms with Crippen molar-refractivity contribution in [2.45, 2.75) is 33.1 Å². The van der Waals surface area contributed by atoms with Crippen LogP contribution in [-0.2, 0) is 9.30 Å². The van der Waals surface area contributed by atoms with Crippen LogP contribution in [0, 0.1) is 5.92 Å². The van der Waals surface area contributed by atoms with Gasteiger partial charge in [-0.25, -0.2) is 4.31 Å². The van der Waals surface area contributed by atoms with Gasteiger partial charge in [0.15, 0.2) is 0 Å². The molecular formula is C10H22NO2PS. The Balaban J connectivity index is 3.07.